The summed E-state index contributed by atoms with van der Waals surface area (Å²) in [7, 11) is 2.56. The third-order valence-corrected chi connectivity index (χ3v) is 2.08. The van der Waals surface area contributed by atoms with Crippen LogP contribution in [0, 0.1) is 0 Å². The van der Waals surface area contributed by atoms with Gasteiger partial charge in [0.1, 0.15) is 5.69 Å². The Bertz CT molecular complexity index is 398. The van der Waals surface area contributed by atoms with Gasteiger partial charge in [-0.2, -0.15) is 0 Å². The van der Waals surface area contributed by atoms with Gasteiger partial charge in [-0.1, -0.05) is 0 Å². The van der Waals surface area contributed by atoms with Crippen molar-refractivity contribution >= 4 is 11.9 Å². The molecule has 6 nitrogen and oxygen atoms in total. The number of hydrogen-bond donors (Lipinski definition) is 1. The van der Waals surface area contributed by atoms with E-state index in [0.29, 0.717) is 18.7 Å². The zero-order chi connectivity index (χ0) is 12.1. The fraction of sp³-hybridized carbons (Fsp3) is 0.400. The van der Waals surface area contributed by atoms with E-state index in [9.17, 15) is 9.59 Å². The lowest BCUT2D eigenvalue weighted by molar-refractivity contribution is 0.0587. The Morgan fingerprint density at radius 3 is 2.44 bits per heavy atom. The van der Waals surface area contributed by atoms with Crippen molar-refractivity contribution in [2.75, 3.05) is 20.8 Å². The maximum absolute atomic E-state index is 11.4. The summed E-state index contributed by atoms with van der Waals surface area (Å²) in [6.07, 6.45) is 1.52. The van der Waals surface area contributed by atoms with Crippen LogP contribution in [0.25, 0.3) is 0 Å². The van der Waals surface area contributed by atoms with E-state index in [1.165, 1.54) is 26.5 Å². The summed E-state index contributed by atoms with van der Waals surface area (Å²) in [6, 6.07) is 1.42. The van der Waals surface area contributed by atoms with E-state index in [4.69, 9.17) is 5.73 Å². The summed E-state index contributed by atoms with van der Waals surface area (Å²) in [5.41, 5.74) is 5.99. The lowest BCUT2D eigenvalue weighted by Gasteiger charge is -2.04. The molecule has 1 aromatic rings. The Balaban J connectivity index is 3.09. The van der Waals surface area contributed by atoms with Gasteiger partial charge in [-0.15, -0.1) is 0 Å². The molecule has 0 bridgehead atoms. The molecule has 0 aromatic carbocycles. The highest BCUT2D eigenvalue weighted by molar-refractivity contribution is 5.94. The molecule has 0 fully saturated rings. The van der Waals surface area contributed by atoms with Crippen molar-refractivity contribution in [3.63, 3.8) is 0 Å². The van der Waals surface area contributed by atoms with Crippen molar-refractivity contribution in [3.8, 4) is 0 Å². The SMILES string of the molecule is COC(=O)c1cc(C(=O)OC)n(CCN)c1. The van der Waals surface area contributed by atoms with Gasteiger partial charge in [0.15, 0.2) is 0 Å². The van der Waals surface area contributed by atoms with Crippen LogP contribution in [-0.4, -0.2) is 37.3 Å². The molecule has 0 atom stereocenters. The summed E-state index contributed by atoms with van der Waals surface area (Å²) >= 11 is 0. The summed E-state index contributed by atoms with van der Waals surface area (Å²) in [5.74, 6) is -1.01. The molecule has 0 amide bonds. The van der Waals surface area contributed by atoms with Crippen LogP contribution in [0.15, 0.2) is 12.3 Å². The van der Waals surface area contributed by atoms with Gasteiger partial charge in [0.25, 0.3) is 0 Å². The van der Waals surface area contributed by atoms with Crippen LogP contribution in [0.5, 0.6) is 0 Å². The average molecular weight is 226 g/mol. The predicted octanol–water partition coefficient (Wildman–Crippen LogP) is 0.0200. The number of ether oxygens (including phenoxy) is 2. The molecule has 0 aliphatic carbocycles. The number of carbonyl (C=O) groups excluding carboxylic acids is 2. The Kier molecular flexibility index (Phi) is 4.07. The number of methoxy groups -OCH3 is 2. The van der Waals surface area contributed by atoms with E-state index < -0.39 is 11.9 Å². The van der Waals surface area contributed by atoms with Gasteiger partial charge in [0, 0.05) is 19.3 Å². The first-order valence-corrected chi connectivity index (χ1v) is 4.71. The van der Waals surface area contributed by atoms with Gasteiger partial charge in [-0.05, 0) is 6.07 Å². The fourth-order valence-electron chi connectivity index (χ4n) is 1.34. The van der Waals surface area contributed by atoms with Gasteiger partial charge >= 0.3 is 11.9 Å². The van der Waals surface area contributed by atoms with Crippen LogP contribution in [0.4, 0.5) is 0 Å². The molecule has 1 heterocycles. The second kappa shape index (κ2) is 5.32. The largest absolute Gasteiger partial charge is 0.465 e. The lowest BCUT2D eigenvalue weighted by atomic mass is 10.3. The van der Waals surface area contributed by atoms with Crippen LogP contribution in [0.3, 0.4) is 0 Å². The summed E-state index contributed by atoms with van der Waals surface area (Å²) in [4.78, 5) is 22.7. The Labute approximate surface area is 92.9 Å². The minimum atomic E-state index is -0.511. The number of carbonyl (C=O) groups is 2. The Hall–Kier alpha value is -1.82. The van der Waals surface area contributed by atoms with E-state index in [-0.39, 0.29) is 5.69 Å². The first-order chi connectivity index (χ1) is 7.63. The predicted molar refractivity (Wildman–Crippen MR) is 56.2 cm³/mol. The van der Waals surface area contributed by atoms with Crippen molar-refractivity contribution in [1.29, 1.82) is 0 Å². The summed E-state index contributed by atoms with van der Waals surface area (Å²) in [5, 5.41) is 0. The maximum atomic E-state index is 11.4. The maximum Gasteiger partial charge on any atom is 0.354 e. The number of esters is 2. The van der Waals surface area contributed by atoms with Gasteiger partial charge in [0.2, 0.25) is 0 Å². The van der Waals surface area contributed by atoms with E-state index in [2.05, 4.69) is 9.47 Å². The number of aromatic nitrogens is 1. The summed E-state index contributed by atoms with van der Waals surface area (Å²) < 4.78 is 10.7. The molecule has 0 aliphatic rings. The normalized spacial score (nSPS) is 9.94. The molecule has 0 unspecified atom stereocenters. The molecule has 1 rings (SSSR count). The average Bonchev–Trinajstić information content (AvgIpc) is 2.71. The molecular formula is C10H14N2O4. The number of nitrogens with two attached hydrogens (primary N) is 1. The number of rotatable bonds is 4. The topological polar surface area (TPSA) is 83.6 Å². The van der Waals surface area contributed by atoms with E-state index in [0.717, 1.165) is 0 Å². The molecule has 2 N–H and O–H groups in total. The lowest BCUT2D eigenvalue weighted by Crippen LogP contribution is -2.15. The van der Waals surface area contributed by atoms with Gasteiger partial charge in [0.05, 0.1) is 19.8 Å². The van der Waals surface area contributed by atoms with E-state index in [1.807, 2.05) is 0 Å². The smallest absolute Gasteiger partial charge is 0.354 e. The molecule has 0 aliphatic heterocycles. The van der Waals surface area contributed by atoms with E-state index in [1.54, 1.807) is 4.57 Å². The van der Waals surface area contributed by atoms with Gasteiger partial charge in [-0.3, -0.25) is 0 Å². The standard InChI is InChI=1S/C10H14N2O4/c1-15-9(13)7-5-8(10(14)16-2)12(6-7)4-3-11/h5-6H,3-4,11H2,1-2H3. The third kappa shape index (κ3) is 2.40. The fourth-order valence-corrected chi connectivity index (χ4v) is 1.34. The van der Waals surface area contributed by atoms with Crippen LogP contribution in [-0.2, 0) is 16.0 Å². The molecule has 0 radical (unpaired) electrons. The highest BCUT2D eigenvalue weighted by Gasteiger charge is 2.17. The molecule has 0 saturated heterocycles. The summed E-state index contributed by atoms with van der Waals surface area (Å²) in [6.45, 7) is 0.792. The molecule has 0 spiro atoms. The van der Waals surface area contributed by atoms with Crippen LogP contribution >= 0.6 is 0 Å². The molecule has 16 heavy (non-hydrogen) atoms. The Morgan fingerprint density at radius 1 is 1.31 bits per heavy atom. The highest BCUT2D eigenvalue weighted by Crippen LogP contribution is 2.11. The zero-order valence-electron chi connectivity index (χ0n) is 9.23. The van der Waals surface area contributed by atoms with Crippen molar-refractivity contribution < 1.29 is 19.1 Å². The van der Waals surface area contributed by atoms with Crippen molar-refractivity contribution in [1.82, 2.24) is 4.57 Å². The van der Waals surface area contributed by atoms with Crippen LogP contribution in [0.2, 0.25) is 0 Å². The minimum absolute atomic E-state index is 0.286. The van der Waals surface area contributed by atoms with Crippen molar-refractivity contribution in [3.05, 3.63) is 23.5 Å². The van der Waals surface area contributed by atoms with Gasteiger partial charge < -0.3 is 19.8 Å². The van der Waals surface area contributed by atoms with Crippen molar-refractivity contribution in [2.45, 2.75) is 6.54 Å². The Morgan fingerprint density at radius 2 is 1.94 bits per heavy atom. The zero-order valence-corrected chi connectivity index (χ0v) is 9.23. The molecule has 1 aromatic heterocycles. The van der Waals surface area contributed by atoms with Gasteiger partial charge in [-0.25, -0.2) is 9.59 Å². The molecule has 0 saturated carbocycles. The van der Waals surface area contributed by atoms with Crippen LogP contribution in [0.1, 0.15) is 20.8 Å². The first-order valence-electron chi connectivity index (χ1n) is 4.71. The van der Waals surface area contributed by atoms with Crippen LogP contribution < -0.4 is 5.73 Å². The quantitative estimate of drug-likeness (QED) is 0.732. The highest BCUT2D eigenvalue weighted by atomic mass is 16.5. The first kappa shape index (κ1) is 12.3. The molecule has 6 heteroatoms. The second-order valence-corrected chi connectivity index (χ2v) is 3.08. The number of hydrogen-bond acceptors (Lipinski definition) is 5. The second-order valence-electron chi connectivity index (χ2n) is 3.08. The number of nitrogens with zero attached hydrogens (tertiary/aromatic N) is 1. The van der Waals surface area contributed by atoms with Crippen molar-refractivity contribution in [2.24, 2.45) is 5.73 Å². The minimum Gasteiger partial charge on any atom is -0.465 e. The monoisotopic (exact) mass is 226 g/mol. The molecular weight excluding hydrogens is 212 g/mol. The third-order valence-electron chi connectivity index (χ3n) is 2.08. The molecule has 88 valence electrons. The van der Waals surface area contributed by atoms with E-state index >= 15 is 0 Å².